The normalized spacial score (nSPS) is 12.7. The number of para-hydroxylation sites is 1. The van der Waals surface area contributed by atoms with Crippen LogP contribution >= 0.6 is 0 Å². The first-order valence-electron chi connectivity index (χ1n) is 12.7. The number of nitrogens with two attached hydrogens (primary N) is 1. The van der Waals surface area contributed by atoms with Gasteiger partial charge >= 0.3 is 6.09 Å². The van der Waals surface area contributed by atoms with Crippen molar-refractivity contribution in [1.82, 2.24) is 10.2 Å². The number of hydrogen-bond acceptors (Lipinski definition) is 5. The summed E-state index contributed by atoms with van der Waals surface area (Å²) >= 11 is 0. The van der Waals surface area contributed by atoms with E-state index >= 15 is 0 Å². The van der Waals surface area contributed by atoms with E-state index in [1.54, 1.807) is 20.8 Å². The quantitative estimate of drug-likeness (QED) is 0.430. The average Bonchev–Trinajstić information content (AvgIpc) is 2.83. The number of anilines is 1. The molecule has 2 rings (SSSR count). The molecule has 0 fully saturated rings. The minimum absolute atomic E-state index is 0.0439. The van der Waals surface area contributed by atoms with E-state index in [1.807, 2.05) is 63.2 Å². The van der Waals surface area contributed by atoms with E-state index in [1.165, 1.54) is 11.9 Å². The van der Waals surface area contributed by atoms with Crippen LogP contribution in [0, 0.1) is 13.8 Å². The summed E-state index contributed by atoms with van der Waals surface area (Å²) < 4.78 is 5.31. The average molecular weight is 525 g/mol. The van der Waals surface area contributed by atoms with Crippen molar-refractivity contribution in [3.63, 3.8) is 0 Å². The number of carbonyl (C=O) groups excluding carboxylic acids is 4. The highest BCUT2D eigenvalue weighted by molar-refractivity contribution is 5.99. The third-order valence-corrected chi connectivity index (χ3v) is 6.08. The number of nitrogens with zero attached hydrogens (tertiary/aromatic N) is 1. The van der Waals surface area contributed by atoms with Gasteiger partial charge in [0.2, 0.25) is 11.8 Å². The molecule has 0 spiro atoms. The van der Waals surface area contributed by atoms with Gasteiger partial charge < -0.3 is 26.0 Å². The zero-order chi connectivity index (χ0) is 28.6. The first-order valence-corrected chi connectivity index (χ1v) is 12.7. The predicted molar refractivity (Wildman–Crippen MR) is 147 cm³/mol. The molecule has 2 atom stereocenters. The van der Waals surface area contributed by atoms with Gasteiger partial charge in [-0.15, -0.1) is 0 Å². The summed E-state index contributed by atoms with van der Waals surface area (Å²) in [6, 6.07) is 11.0. The maximum absolute atomic E-state index is 13.7. The van der Waals surface area contributed by atoms with Crippen molar-refractivity contribution < 1.29 is 23.9 Å². The highest BCUT2D eigenvalue weighted by Gasteiger charge is 2.34. The van der Waals surface area contributed by atoms with Crippen molar-refractivity contribution in [2.75, 3.05) is 12.4 Å². The Bertz CT molecular complexity index is 1130. The largest absolute Gasteiger partial charge is 0.444 e. The molecule has 0 saturated carbocycles. The second-order valence-electron chi connectivity index (χ2n) is 10.4. The Morgan fingerprint density at radius 2 is 1.58 bits per heavy atom. The van der Waals surface area contributed by atoms with Crippen LogP contribution in [0.5, 0.6) is 0 Å². The summed E-state index contributed by atoms with van der Waals surface area (Å²) in [5, 5.41) is 5.53. The second-order valence-corrected chi connectivity index (χ2v) is 10.4. The Morgan fingerprint density at radius 1 is 1.00 bits per heavy atom. The molecular weight excluding hydrogens is 484 g/mol. The van der Waals surface area contributed by atoms with Crippen molar-refractivity contribution in [3.8, 4) is 0 Å². The van der Waals surface area contributed by atoms with Crippen LogP contribution in [-0.4, -0.2) is 47.4 Å². The minimum atomic E-state index is -1.13. The molecule has 0 bridgehead atoms. The van der Waals surface area contributed by atoms with E-state index in [2.05, 4.69) is 10.6 Å². The van der Waals surface area contributed by atoms with Crippen molar-refractivity contribution in [3.05, 3.63) is 64.7 Å². The fourth-order valence-electron chi connectivity index (χ4n) is 4.06. The first kappa shape index (κ1) is 30.3. The smallest absolute Gasteiger partial charge is 0.408 e. The van der Waals surface area contributed by atoms with Gasteiger partial charge in [-0.05, 0) is 69.7 Å². The van der Waals surface area contributed by atoms with Gasteiger partial charge in [-0.1, -0.05) is 49.4 Å². The third-order valence-electron chi connectivity index (χ3n) is 6.08. The molecule has 9 nitrogen and oxygen atoms in total. The zero-order valence-electron chi connectivity index (χ0n) is 23.4. The number of amides is 4. The third kappa shape index (κ3) is 8.61. The fraction of sp³-hybridized carbons (Fsp3) is 0.448. The van der Waals surface area contributed by atoms with Gasteiger partial charge in [-0.2, -0.15) is 0 Å². The van der Waals surface area contributed by atoms with E-state index in [-0.39, 0.29) is 12.8 Å². The molecule has 0 aliphatic carbocycles. The first-order chi connectivity index (χ1) is 17.7. The Balaban J connectivity index is 2.44. The molecule has 2 unspecified atom stereocenters. The number of hydrogen-bond donors (Lipinski definition) is 3. The Morgan fingerprint density at radius 3 is 2.08 bits per heavy atom. The van der Waals surface area contributed by atoms with Gasteiger partial charge in [-0.25, -0.2) is 4.79 Å². The van der Waals surface area contributed by atoms with Crippen LogP contribution in [-0.2, 0) is 25.5 Å². The van der Waals surface area contributed by atoms with Crippen molar-refractivity contribution in [2.45, 2.75) is 78.5 Å². The van der Waals surface area contributed by atoms with E-state index < -0.39 is 41.5 Å². The minimum Gasteiger partial charge on any atom is -0.444 e. The number of benzene rings is 2. The Hall–Kier alpha value is -3.88. The number of ether oxygens (including phenoxy) is 1. The van der Waals surface area contributed by atoms with Gasteiger partial charge in [0.1, 0.15) is 17.7 Å². The van der Waals surface area contributed by atoms with Gasteiger partial charge in [0.25, 0.3) is 5.91 Å². The van der Waals surface area contributed by atoms with Crippen LogP contribution in [0.2, 0.25) is 0 Å². The van der Waals surface area contributed by atoms with Crippen LogP contribution in [0.15, 0.2) is 42.5 Å². The summed E-state index contributed by atoms with van der Waals surface area (Å²) in [5.41, 5.74) is 8.67. The van der Waals surface area contributed by atoms with E-state index in [9.17, 15) is 19.2 Å². The van der Waals surface area contributed by atoms with E-state index in [0.29, 0.717) is 11.3 Å². The van der Waals surface area contributed by atoms with Gasteiger partial charge in [-0.3, -0.25) is 14.4 Å². The van der Waals surface area contributed by atoms with Crippen molar-refractivity contribution in [2.24, 2.45) is 5.73 Å². The Labute approximate surface area is 225 Å². The molecule has 0 aromatic heterocycles. The lowest BCUT2D eigenvalue weighted by atomic mass is 10.00. The number of aryl methyl sites for hydroxylation is 3. The molecule has 0 saturated heterocycles. The highest BCUT2D eigenvalue weighted by atomic mass is 16.6. The molecule has 4 N–H and O–H groups in total. The molecule has 9 heteroatoms. The van der Waals surface area contributed by atoms with Crippen LogP contribution in [0.3, 0.4) is 0 Å². The summed E-state index contributed by atoms with van der Waals surface area (Å²) in [7, 11) is 1.50. The number of alkyl carbamates (subject to hydrolysis) is 1. The zero-order valence-corrected chi connectivity index (χ0v) is 23.4. The summed E-state index contributed by atoms with van der Waals surface area (Å²) in [6.07, 6.45) is -0.163. The fourth-order valence-corrected chi connectivity index (χ4v) is 4.06. The molecule has 38 heavy (non-hydrogen) atoms. The number of rotatable bonds is 10. The van der Waals surface area contributed by atoms with Gasteiger partial charge in [0, 0.05) is 19.2 Å². The SMILES string of the molecule is CCc1ccc(C(C(=O)Nc2c(C)cccc2C)N(C)C(=O)C(CCC(N)=O)NC(=O)OC(C)(C)C)cc1. The molecule has 206 valence electrons. The highest BCUT2D eigenvalue weighted by Crippen LogP contribution is 2.26. The van der Waals surface area contributed by atoms with Gasteiger partial charge in [0.05, 0.1) is 0 Å². The second kappa shape index (κ2) is 13.1. The lowest BCUT2D eigenvalue weighted by molar-refractivity contribution is -0.139. The van der Waals surface area contributed by atoms with Crippen LogP contribution in [0.25, 0.3) is 0 Å². The number of primary amides is 1. The standard InChI is InChI=1S/C29H40N4O5/c1-8-20-12-14-21(15-13-20)25(26(35)32-24-18(2)10-9-11-19(24)3)33(7)27(36)22(16-17-23(30)34)31-28(37)38-29(4,5)6/h9-15,22,25H,8,16-17H2,1-7H3,(H2,30,34)(H,31,37)(H,32,35). The van der Waals surface area contributed by atoms with Crippen LogP contribution < -0.4 is 16.4 Å². The lowest BCUT2D eigenvalue weighted by Gasteiger charge is -2.32. The number of likely N-dealkylation sites (N-methyl/N-ethyl adjacent to an activating group) is 1. The molecule has 0 aliphatic rings. The molecule has 4 amide bonds. The molecule has 2 aromatic rings. The summed E-state index contributed by atoms with van der Waals surface area (Å²) in [6.45, 7) is 10.9. The molecule has 2 aromatic carbocycles. The van der Waals surface area contributed by atoms with Crippen LogP contribution in [0.1, 0.15) is 68.8 Å². The predicted octanol–water partition coefficient (Wildman–Crippen LogP) is 4.16. The number of nitrogens with one attached hydrogen (secondary N) is 2. The molecule has 0 aliphatic heterocycles. The Kier molecular flexibility index (Phi) is 10.4. The van der Waals surface area contributed by atoms with E-state index in [0.717, 1.165) is 23.1 Å². The monoisotopic (exact) mass is 524 g/mol. The van der Waals surface area contributed by atoms with Crippen LogP contribution in [0.4, 0.5) is 10.5 Å². The van der Waals surface area contributed by atoms with Gasteiger partial charge in [0.15, 0.2) is 0 Å². The number of carbonyl (C=O) groups is 4. The van der Waals surface area contributed by atoms with E-state index in [4.69, 9.17) is 10.5 Å². The van der Waals surface area contributed by atoms with Crippen molar-refractivity contribution in [1.29, 1.82) is 0 Å². The summed E-state index contributed by atoms with van der Waals surface area (Å²) in [5.74, 6) is -1.58. The topological polar surface area (TPSA) is 131 Å². The maximum Gasteiger partial charge on any atom is 0.408 e. The lowest BCUT2D eigenvalue weighted by Crippen LogP contribution is -2.51. The maximum atomic E-state index is 13.7. The molecular formula is C29H40N4O5. The van der Waals surface area contributed by atoms with Crippen molar-refractivity contribution >= 4 is 29.5 Å². The molecule has 0 heterocycles. The molecule has 0 radical (unpaired) electrons. The summed E-state index contributed by atoms with van der Waals surface area (Å²) in [4.78, 5) is 52.7.